The molecule has 1 fully saturated rings. The third-order valence-corrected chi connectivity index (χ3v) is 4.24. The summed E-state index contributed by atoms with van der Waals surface area (Å²) in [7, 11) is 0. The van der Waals surface area contributed by atoms with Gasteiger partial charge in [0.05, 0.1) is 0 Å². The van der Waals surface area contributed by atoms with Crippen LogP contribution in [0.15, 0.2) is 24.3 Å². The minimum atomic E-state index is 0.422. The number of halogens is 1. The van der Waals surface area contributed by atoms with Crippen molar-refractivity contribution in [2.75, 3.05) is 0 Å². The molecule has 0 heterocycles. The van der Waals surface area contributed by atoms with E-state index in [0.29, 0.717) is 16.7 Å². The molecule has 1 saturated carbocycles. The zero-order valence-corrected chi connectivity index (χ0v) is 12.1. The SMILES string of the molecule is CC1(C)CC(c2ccccc2Cl)CC(C)(C)C1. The van der Waals surface area contributed by atoms with E-state index in [1.54, 1.807) is 0 Å². The van der Waals surface area contributed by atoms with Crippen LogP contribution in [-0.2, 0) is 0 Å². The van der Waals surface area contributed by atoms with Gasteiger partial charge in [-0.2, -0.15) is 0 Å². The fourth-order valence-electron chi connectivity index (χ4n) is 3.87. The zero-order valence-electron chi connectivity index (χ0n) is 11.4. The Bertz CT molecular complexity index is 388. The minimum Gasteiger partial charge on any atom is -0.0840 e. The molecule has 0 bridgehead atoms. The third-order valence-electron chi connectivity index (χ3n) is 3.90. The maximum atomic E-state index is 6.34. The number of rotatable bonds is 1. The molecular weight excluding hydrogens is 228 g/mol. The second kappa shape index (κ2) is 4.31. The Balaban J connectivity index is 2.30. The molecule has 0 N–H and O–H groups in total. The summed E-state index contributed by atoms with van der Waals surface area (Å²) in [4.78, 5) is 0. The van der Waals surface area contributed by atoms with Crippen molar-refractivity contribution < 1.29 is 0 Å². The van der Waals surface area contributed by atoms with E-state index < -0.39 is 0 Å². The van der Waals surface area contributed by atoms with Gasteiger partial charge in [0.2, 0.25) is 0 Å². The van der Waals surface area contributed by atoms with Crippen LogP contribution in [0.1, 0.15) is 58.4 Å². The van der Waals surface area contributed by atoms with Gasteiger partial charge in [0.15, 0.2) is 0 Å². The standard InChI is InChI=1S/C16H23Cl/c1-15(2)9-12(10-16(3,4)11-15)13-7-5-6-8-14(13)17/h5-8,12H,9-11H2,1-4H3. The highest BCUT2D eigenvalue weighted by molar-refractivity contribution is 6.31. The maximum Gasteiger partial charge on any atom is 0.0440 e. The molecule has 1 aliphatic rings. The van der Waals surface area contributed by atoms with E-state index in [2.05, 4.69) is 39.8 Å². The van der Waals surface area contributed by atoms with Crippen LogP contribution < -0.4 is 0 Å². The minimum absolute atomic E-state index is 0.422. The highest BCUT2D eigenvalue weighted by Gasteiger charge is 2.39. The van der Waals surface area contributed by atoms with Gasteiger partial charge in [-0.15, -0.1) is 0 Å². The summed E-state index contributed by atoms with van der Waals surface area (Å²) in [5.74, 6) is 0.613. The number of hydrogen-bond donors (Lipinski definition) is 0. The monoisotopic (exact) mass is 250 g/mol. The first-order valence-corrected chi connectivity index (χ1v) is 6.91. The van der Waals surface area contributed by atoms with Crippen molar-refractivity contribution in [2.45, 2.75) is 52.9 Å². The molecule has 1 aliphatic carbocycles. The Morgan fingerprint density at radius 2 is 1.53 bits per heavy atom. The first kappa shape index (κ1) is 13.0. The van der Waals surface area contributed by atoms with E-state index in [-0.39, 0.29) is 0 Å². The summed E-state index contributed by atoms with van der Waals surface area (Å²) in [6.45, 7) is 9.55. The lowest BCUT2D eigenvalue weighted by molar-refractivity contribution is 0.0969. The van der Waals surface area contributed by atoms with E-state index in [9.17, 15) is 0 Å². The van der Waals surface area contributed by atoms with E-state index in [0.717, 1.165) is 5.02 Å². The average Bonchev–Trinajstić information content (AvgIpc) is 2.13. The van der Waals surface area contributed by atoms with Crippen molar-refractivity contribution >= 4 is 11.6 Å². The third kappa shape index (κ3) is 3.04. The van der Waals surface area contributed by atoms with Gasteiger partial charge in [0.25, 0.3) is 0 Å². The molecule has 1 aromatic carbocycles. The van der Waals surface area contributed by atoms with Crippen molar-refractivity contribution in [1.82, 2.24) is 0 Å². The normalized spacial score (nSPS) is 23.6. The molecule has 17 heavy (non-hydrogen) atoms. The van der Waals surface area contributed by atoms with Crippen LogP contribution in [0.4, 0.5) is 0 Å². The summed E-state index contributed by atoms with van der Waals surface area (Å²) in [5.41, 5.74) is 2.19. The van der Waals surface area contributed by atoms with Gasteiger partial charge in [-0.05, 0) is 47.6 Å². The van der Waals surface area contributed by atoms with E-state index in [4.69, 9.17) is 11.6 Å². The first-order chi connectivity index (χ1) is 7.79. The number of benzene rings is 1. The molecule has 0 radical (unpaired) electrons. The summed E-state index contributed by atoms with van der Waals surface area (Å²) in [5, 5.41) is 0.936. The molecule has 1 aromatic rings. The fraction of sp³-hybridized carbons (Fsp3) is 0.625. The van der Waals surface area contributed by atoms with Crippen LogP contribution in [0.25, 0.3) is 0 Å². The van der Waals surface area contributed by atoms with Crippen LogP contribution in [-0.4, -0.2) is 0 Å². The summed E-state index contributed by atoms with van der Waals surface area (Å²) < 4.78 is 0. The largest absolute Gasteiger partial charge is 0.0840 e. The molecule has 0 amide bonds. The average molecular weight is 251 g/mol. The lowest BCUT2D eigenvalue weighted by atomic mass is 9.60. The Labute approximate surface area is 110 Å². The molecular formula is C16H23Cl. The Hall–Kier alpha value is -0.490. The Kier molecular flexibility index (Phi) is 3.29. The van der Waals surface area contributed by atoms with Crippen molar-refractivity contribution in [2.24, 2.45) is 10.8 Å². The van der Waals surface area contributed by atoms with Crippen LogP contribution in [0.2, 0.25) is 5.02 Å². The van der Waals surface area contributed by atoms with Gasteiger partial charge in [-0.3, -0.25) is 0 Å². The van der Waals surface area contributed by atoms with Gasteiger partial charge < -0.3 is 0 Å². The van der Waals surface area contributed by atoms with Crippen molar-refractivity contribution in [3.05, 3.63) is 34.9 Å². The number of hydrogen-bond acceptors (Lipinski definition) is 0. The second-order valence-corrected chi connectivity index (χ2v) is 7.54. The van der Waals surface area contributed by atoms with Gasteiger partial charge in [-0.25, -0.2) is 0 Å². The van der Waals surface area contributed by atoms with Crippen LogP contribution in [0.5, 0.6) is 0 Å². The molecule has 0 nitrogen and oxygen atoms in total. The molecule has 0 aromatic heterocycles. The molecule has 0 unspecified atom stereocenters. The lowest BCUT2D eigenvalue weighted by Gasteiger charge is -2.45. The smallest absolute Gasteiger partial charge is 0.0440 e. The van der Waals surface area contributed by atoms with Gasteiger partial charge in [0, 0.05) is 5.02 Å². The zero-order chi connectivity index (χ0) is 12.7. The van der Waals surface area contributed by atoms with Crippen LogP contribution in [0, 0.1) is 10.8 Å². The molecule has 0 saturated heterocycles. The molecule has 1 heteroatoms. The second-order valence-electron chi connectivity index (χ2n) is 7.13. The highest BCUT2D eigenvalue weighted by Crippen LogP contribution is 2.52. The Morgan fingerprint density at radius 3 is 2.06 bits per heavy atom. The quantitative estimate of drug-likeness (QED) is 0.603. The van der Waals surface area contributed by atoms with E-state index >= 15 is 0 Å². The van der Waals surface area contributed by atoms with Crippen LogP contribution >= 0.6 is 11.6 Å². The molecule has 0 spiro atoms. The predicted octanol–water partition coefficient (Wildman–Crippen LogP) is 5.66. The Morgan fingerprint density at radius 1 is 1.00 bits per heavy atom. The molecule has 0 atom stereocenters. The van der Waals surface area contributed by atoms with E-state index in [1.807, 2.05) is 12.1 Å². The topological polar surface area (TPSA) is 0 Å². The van der Waals surface area contributed by atoms with Crippen molar-refractivity contribution in [3.8, 4) is 0 Å². The van der Waals surface area contributed by atoms with Crippen molar-refractivity contribution in [1.29, 1.82) is 0 Å². The van der Waals surface area contributed by atoms with E-state index in [1.165, 1.54) is 24.8 Å². The van der Waals surface area contributed by atoms with Gasteiger partial charge in [-0.1, -0.05) is 57.5 Å². The van der Waals surface area contributed by atoms with Crippen LogP contribution in [0.3, 0.4) is 0 Å². The lowest BCUT2D eigenvalue weighted by Crippen LogP contribution is -2.32. The summed E-state index contributed by atoms with van der Waals surface area (Å²) in [6.07, 6.45) is 3.81. The predicted molar refractivity (Wildman–Crippen MR) is 75.6 cm³/mol. The van der Waals surface area contributed by atoms with Gasteiger partial charge in [0.1, 0.15) is 0 Å². The van der Waals surface area contributed by atoms with Gasteiger partial charge >= 0.3 is 0 Å². The first-order valence-electron chi connectivity index (χ1n) is 6.54. The molecule has 94 valence electrons. The van der Waals surface area contributed by atoms with Crippen molar-refractivity contribution in [3.63, 3.8) is 0 Å². The fourth-order valence-corrected chi connectivity index (χ4v) is 4.16. The highest BCUT2D eigenvalue weighted by atomic mass is 35.5. The summed E-state index contributed by atoms with van der Waals surface area (Å²) >= 11 is 6.34. The summed E-state index contributed by atoms with van der Waals surface area (Å²) in [6, 6.07) is 8.34. The maximum absolute atomic E-state index is 6.34. The molecule has 0 aliphatic heterocycles. The molecule has 2 rings (SSSR count).